The van der Waals surface area contributed by atoms with Gasteiger partial charge in [0.05, 0.1) is 11.3 Å². The first-order valence-electron chi connectivity index (χ1n) is 7.33. The number of aromatic nitrogens is 2. The minimum Gasteiger partial charge on any atom is -0.382 e. The van der Waals surface area contributed by atoms with Crippen LogP contribution in [0.3, 0.4) is 0 Å². The van der Waals surface area contributed by atoms with E-state index in [1.807, 2.05) is 6.92 Å². The van der Waals surface area contributed by atoms with E-state index >= 15 is 0 Å². The summed E-state index contributed by atoms with van der Waals surface area (Å²) in [7, 11) is 0. The Morgan fingerprint density at radius 2 is 1.75 bits per heavy atom. The van der Waals surface area contributed by atoms with Gasteiger partial charge in [0, 0.05) is 5.41 Å². The molecule has 4 N–H and O–H groups in total. The zero-order valence-electron chi connectivity index (χ0n) is 12.7. The first-order valence-corrected chi connectivity index (χ1v) is 7.33. The van der Waals surface area contributed by atoms with Gasteiger partial charge in [-0.1, -0.05) is 31.1 Å². The number of nitrogens with two attached hydrogens (primary N) is 2. The molecule has 0 radical (unpaired) electrons. The lowest BCUT2D eigenvalue weighted by atomic mass is 9.71. The lowest BCUT2D eigenvalue weighted by Crippen LogP contribution is -2.24. The van der Waals surface area contributed by atoms with Crippen molar-refractivity contribution in [3.63, 3.8) is 0 Å². The molecule has 108 valence electrons. The third kappa shape index (κ3) is 3.22. The predicted molar refractivity (Wildman–Crippen MR) is 82.8 cm³/mol. The van der Waals surface area contributed by atoms with Crippen LogP contribution in [0.5, 0.6) is 0 Å². The topological polar surface area (TPSA) is 77.8 Å². The van der Waals surface area contributed by atoms with Crippen molar-refractivity contribution >= 4 is 11.8 Å². The Morgan fingerprint density at radius 3 is 2.35 bits per heavy atom. The summed E-state index contributed by atoms with van der Waals surface area (Å²) in [5.74, 6) is 7.83. The molecule has 0 aliphatic heterocycles. The Bertz CT molecular complexity index is 522. The van der Waals surface area contributed by atoms with E-state index in [1.165, 1.54) is 32.1 Å². The maximum atomic E-state index is 5.90. The molecule has 0 saturated heterocycles. The van der Waals surface area contributed by atoms with Gasteiger partial charge in [0.1, 0.15) is 5.82 Å². The Labute approximate surface area is 121 Å². The summed E-state index contributed by atoms with van der Waals surface area (Å²) < 4.78 is 0. The molecule has 1 saturated carbocycles. The predicted octanol–water partition coefficient (Wildman–Crippen LogP) is 2.91. The second kappa shape index (κ2) is 5.70. The molecular weight excluding hydrogens is 248 g/mol. The third-order valence-electron chi connectivity index (χ3n) is 4.27. The number of aryl methyl sites for hydroxylation is 1. The monoisotopic (exact) mass is 272 g/mol. The highest BCUT2D eigenvalue weighted by atomic mass is 15.0. The highest BCUT2D eigenvalue weighted by Crippen LogP contribution is 2.37. The van der Waals surface area contributed by atoms with Crippen molar-refractivity contribution in [3.8, 4) is 11.8 Å². The molecule has 1 aliphatic carbocycles. The van der Waals surface area contributed by atoms with Crippen LogP contribution in [0.2, 0.25) is 0 Å². The average Bonchev–Trinajstić information content (AvgIpc) is 2.38. The Kier molecular flexibility index (Phi) is 4.17. The molecule has 4 nitrogen and oxygen atoms in total. The maximum absolute atomic E-state index is 5.90. The van der Waals surface area contributed by atoms with E-state index in [0.717, 1.165) is 5.69 Å². The largest absolute Gasteiger partial charge is 0.382 e. The van der Waals surface area contributed by atoms with E-state index in [0.29, 0.717) is 17.3 Å². The van der Waals surface area contributed by atoms with Crippen molar-refractivity contribution in [2.24, 2.45) is 11.3 Å². The van der Waals surface area contributed by atoms with Gasteiger partial charge in [0.25, 0.3) is 0 Å². The molecule has 20 heavy (non-hydrogen) atoms. The zero-order valence-corrected chi connectivity index (χ0v) is 12.7. The normalized spacial score (nSPS) is 16.6. The molecule has 0 amide bonds. The molecule has 1 heterocycles. The van der Waals surface area contributed by atoms with Crippen molar-refractivity contribution in [2.75, 3.05) is 11.5 Å². The fraction of sp³-hybridized carbons (Fsp3) is 0.625. The number of hydrogen-bond acceptors (Lipinski definition) is 4. The van der Waals surface area contributed by atoms with Crippen molar-refractivity contribution in [3.05, 3.63) is 11.3 Å². The van der Waals surface area contributed by atoms with Crippen LogP contribution in [-0.4, -0.2) is 9.97 Å². The number of nitrogens with zero attached hydrogens (tertiary/aromatic N) is 2. The number of nitrogen functional groups attached to an aromatic ring is 2. The minimum atomic E-state index is 0.000681. The molecule has 0 atom stereocenters. The molecule has 0 bridgehead atoms. The molecule has 2 rings (SSSR count). The fourth-order valence-electron chi connectivity index (χ4n) is 2.92. The molecule has 4 heteroatoms. The number of hydrogen-bond donors (Lipinski definition) is 2. The van der Waals surface area contributed by atoms with Gasteiger partial charge in [-0.3, -0.25) is 0 Å². The summed E-state index contributed by atoms with van der Waals surface area (Å²) in [4.78, 5) is 8.12. The second-order valence-electron chi connectivity index (χ2n) is 6.23. The standard InChI is InChI=1S/C16H24N4/c1-11-13(14(17)20-15(18)19-11)9-10-16(2,3)12-7-5-4-6-8-12/h12H,4-8H2,1-3H3,(H4,17,18,19,20). The summed E-state index contributed by atoms with van der Waals surface area (Å²) >= 11 is 0. The van der Waals surface area contributed by atoms with Crippen LogP contribution in [0.25, 0.3) is 0 Å². The van der Waals surface area contributed by atoms with Crippen LogP contribution in [0.1, 0.15) is 57.2 Å². The van der Waals surface area contributed by atoms with Crippen LogP contribution in [0.15, 0.2) is 0 Å². The Hall–Kier alpha value is -1.76. The summed E-state index contributed by atoms with van der Waals surface area (Å²) in [5, 5.41) is 0. The quantitative estimate of drug-likeness (QED) is 0.770. The smallest absolute Gasteiger partial charge is 0.222 e. The van der Waals surface area contributed by atoms with Crippen LogP contribution in [0, 0.1) is 30.1 Å². The van der Waals surface area contributed by atoms with Crippen LogP contribution < -0.4 is 11.5 Å². The van der Waals surface area contributed by atoms with Gasteiger partial charge >= 0.3 is 0 Å². The summed E-state index contributed by atoms with van der Waals surface area (Å²) in [6.07, 6.45) is 6.55. The van der Waals surface area contributed by atoms with Gasteiger partial charge in [-0.15, -0.1) is 0 Å². The summed E-state index contributed by atoms with van der Waals surface area (Å²) in [6, 6.07) is 0. The van der Waals surface area contributed by atoms with Crippen molar-refractivity contribution in [1.82, 2.24) is 9.97 Å². The summed E-state index contributed by atoms with van der Waals surface area (Å²) in [5.41, 5.74) is 12.9. The minimum absolute atomic E-state index is 0.000681. The van der Waals surface area contributed by atoms with Gasteiger partial charge in [0.15, 0.2) is 0 Å². The molecular formula is C16H24N4. The number of anilines is 2. The van der Waals surface area contributed by atoms with Crippen LogP contribution >= 0.6 is 0 Å². The van der Waals surface area contributed by atoms with Gasteiger partial charge in [-0.2, -0.15) is 4.98 Å². The van der Waals surface area contributed by atoms with E-state index in [9.17, 15) is 0 Å². The molecule has 1 aliphatic rings. The van der Waals surface area contributed by atoms with Gasteiger partial charge in [-0.05, 0) is 39.5 Å². The lowest BCUT2D eigenvalue weighted by molar-refractivity contribution is 0.220. The van der Waals surface area contributed by atoms with Crippen LogP contribution in [0.4, 0.5) is 11.8 Å². The van der Waals surface area contributed by atoms with Crippen molar-refractivity contribution in [1.29, 1.82) is 0 Å². The van der Waals surface area contributed by atoms with Crippen molar-refractivity contribution < 1.29 is 0 Å². The van der Waals surface area contributed by atoms with Gasteiger partial charge in [-0.25, -0.2) is 4.98 Å². The SMILES string of the molecule is Cc1nc(N)nc(N)c1C#CC(C)(C)C1CCCCC1. The third-order valence-corrected chi connectivity index (χ3v) is 4.27. The number of rotatable bonds is 1. The highest BCUT2D eigenvalue weighted by molar-refractivity contribution is 5.55. The van der Waals surface area contributed by atoms with E-state index in [1.54, 1.807) is 0 Å². The Morgan fingerprint density at radius 1 is 1.10 bits per heavy atom. The molecule has 1 aromatic heterocycles. The zero-order chi connectivity index (χ0) is 14.8. The maximum Gasteiger partial charge on any atom is 0.222 e. The average molecular weight is 272 g/mol. The van der Waals surface area contributed by atoms with E-state index < -0.39 is 0 Å². The second-order valence-corrected chi connectivity index (χ2v) is 6.23. The molecule has 0 aromatic carbocycles. The van der Waals surface area contributed by atoms with Gasteiger partial charge in [0.2, 0.25) is 5.95 Å². The van der Waals surface area contributed by atoms with E-state index in [-0.39, 0.29) is 11.4 Å². The molecule has 1 aromatic rings. The van der Waals surface area contributed by atoms with E-state index in [2.05, 4.69) is 35.7 Å². The van der Waals surface area contributed by atoms with Crippen molar-refractivity contribution in [2.45, 2.75) is 52.9 Å². The van der Waals surface area contributed by atoms with Crippen LogP contribution in [-0.2, 0) is 0 Å². The Balaban J connectivity index is 2.25. The van der Waals surface area contributed by atoms with E-state index in [4.69, 9.17) is 11.5 Å². The first-order chi connectivity index (χ1) is 9.40. The molecule has 0 unspecified atom stereocenters. The first kappa shape index (κ1) is 14.6. The molecule has 1 fully saturated rings. The van der Waals surface area contributed by atoms with Gasteiger partial charge < -0.3 is 11.5 Å². The highest BCUT2D eigenvalue weighted by Gasteiger charge is 2.28. The fourth-order valence-corrected chi connectivity index (χ4v) is 2.92. The molecule has 0 spiro atoms. The lowest BCUT2D eigenvalue weighted by Gasteiger charge is -2.32. The summed E-state index contributed by atoms with van der Waals surface area (Å²) in [6.45, 7) is 6.31.